The quantitative estimate of drug-likeness (QED) is 0.743. The molecule has 1 fully saturated rings. The van der Waals surface area contributed by atoms with Crippen LogP contribution in [0.2, 0.25) is 0 Å². The average Bonchev–Trinajstić information content (AvgIpc) is 3.30. The summed E-state index contributed by atoms with van der Waals surface area (Å²) >= 11 is 0. The summed E-state index contributed by atoms with van der Waals surface area (Å²) in [5.74, 6) is 1.46. The molecule has 4 rings (SSSR count). The highest BCUT2D eigenvalue weighted by molar-refractivity contribution is 5.54. The third kappa shape index (κ3) is 3.79. The van der Waals surface area contributed by atoms with Crippen molar-refractivity contribution in [3.63, 3.8) is 0 Å². The van der Waals surface area contributed by atoms with Gasteiger partial charge in [0.25, 0.3) is 0 Å². The van der Waals surface area contributed by atoms with Gasteiger partial charge < -0.3 is 14.0 Å². The van der Waals surface area contributed by atoms with E-state index in [2.05, 4.69) is 15.0 Å². The van der Waals surface area contributed by atoms with Gasteiger partial charge in [0, 0.05) is 38.0 Å². The van der Waals surface area contributed by atoms with Gasteiger partial charge in [0.2, 0.25) is 5.89 Å². The van der Waals surface area contributed by atoms with Crippen LogP contribution in [0.4, 0.5) is 4.39 Å². The van der Waals surface area contributed by atoms with Gasteiger partial charge in [0.15, 0.2) is 0 Å². The number of benzene rings is 1. The van der Waals surface area contributed by atoms with Gasteiger partial charge in [-0.2, -0.15) is 0 Å². The summed E-state index contributed by atoms with van der Waals surface area (Å²) in [6.45, 7) is 5.53. The molecule has 1 aromatic carbocycles. The first-order valence-corrected chi connectivity index (χ1v) is 9.03. The Morgan fingerprint density at radius 2 is 2.07 bits per heavy atom. The first kappa shape index (κ1) is 17.9. The molecule has 6 nitrogen and oxygen atoms in total. The van der Waals surface area contributed by atoms with Crippen molar-refractivity contribution < 1.29 is 18.4 Å². The lowest BCUT2D eigenvalue weighted by Crippen LogP contribution is -2.22. The zero-order valence-electron chi connectivity index (χ0n) is 15.4. The Morgan fingerprint density at radius 1 is 1.26 bits per heavy atom. The van der Waals surface area contributed by atoms with Gasteiger partial charge in [0.1, 0.15) is 17.3 Å². The summed E-state index contributed by atoms with van der Waals surface area (Å²) in [5.41, 5.74) is 1.96. The van der Waals surface area contributed by atoms with Crippen molar-refractivity contribution in [2.45, 2.75) is 32.9 Å². The predicted molar refractivity (Wildman–Crippen MR) is 96.4 cm³/mol. The fraction of sp³-hybridized carbons (Fsp3) is 0.400. The fourth-order valence-electron chi connectivity index (χ4n) is 3.58. The van der Waals surface area contributed by atoms with E-state index in [1.54, 1.807) is 18.2 Å². The molecule has 0 amide bonds. The van der Waals surface area contributed by atoms with Crippen molar-refractivity contribution in [1.82, 2.24) is 15.0 Å². The molecular formula is C20H22FN3O3. The number of aliphatic hydroxyl groups excluding tert-OH is 1. The van der Waals surface area contributed by atoms with Crippen molar-refractivity contribution in [3.8, 4) is 11.5 Å². The number of aliphatic hydroxyl groups is 1. The minimum Gasteiger partial charge on any atom is -0.441 e. The summed E-state index contributed by atoms with van der Waals surface area (Å²) in [4.78, 5) is 6.62. The maximum absolute atomic E-state index is 14.0. The van der Waals surface area contributed by atoms with Crippen LogP contribution < -0.4 is 0 Å². The summed E-state index contributed by atoms with van der Waals surface area (Å²) < 4.78 is 24.9. The Labute approximate surface area is 156 Å². The zero-order valence-corrected chi connectivity index (χ0v) is 15.4. The van der Waals surface area contributed by atoms with Gasteiger partial charge in [-0.1, -0.05) is 17.3 Å². The number of halogens is 1. The molecule has 2 aromatic heterocycles. The van der Waals surface area contributed by atoms with Crippen molar-refractivity contribution in [3.05, 3.63) is 59.1 Å². The van der Waals surface area contributed by atoms with Gasteiger partial charge >= 0.3 is 0 Å². The first-order chi connectivity index (χ1) is 13.0. The number of aromatic nitrogens is 2. The highest BCUT2D eigenvalue weighted by Crippen LogP contribution is 2.27. The van der Waals surface area contributed by atoms with E-state index in [-0.39, 0.29) is 17.6 Å². The summed E-state index contributed by atoms with van der Waals surface area (Å²) in [6, 6.07) is 8.33. The number of hydrogen-bond donors (Lipinski definition) is 1. The predicted octanol–water partition coefficient (Wildman–Crippen LogP) is 3.12. The second-order valence-corrected chi connectivity index (χ2v) is 7.16. The molecule has 0 saturated carbocycles. The Kier molecular flexibility index (Phi) is 4.80. The molecule has 1 saturated heterocycles. The lowest BCUT2D eigenvalue weighted by molar-refractivity contribution is 0.137. The van der Waals surface area contributed by atoms with Gasteiger partial charge in [-0.3, -0.25) is 4.90 Å². The monoisotopic (exact) mass is 371 g/mol. The van der Waals surface area contributed by atoms with E-state index >= 15 is 0 Å². The number of nitrogens with zero attached hydrogens (tertiary/aromatic N) is 3. The Morgan fingerprint density at radius 3 is 2.81 bits per heavy atom. The minimum atomic E-state index is -0.436. The highest BCUT2D eigenvalue weighted by atomic mass is 19.1. The number of β-amino-alcohol motifs (C(OH)–C–C–N with tert-alkyl or cyclic N) is 1. The number of likely N-dealkylation sites (tertiary alicyclic amines) is 1. The molecule has 2 atom stereocenters. The summed E-state index contributed by atoms with van der Waals surface area (Å²) in [5, 5.41) is 14.3. The van der Waals surface area contributed by atoms with Crippen LogP contribution in [0.25, 0.3) is 11.5 Å². The number of rotatable bonds is 5. The van der Waals surface area contributed by atoms with E-state index in [1.165, 1.54) is 6.07 Å². The van der Waals surface area contributed by atoms with Crippen LogP contribution in [0.3, 0.4) is 0 Å². The highest BCUT2D eigenvalue weighted by Gasteiger charge is 2.33. The summed E-state index contributed by atoms with van der Waals surface area (Å²) in [6.07, 6.45) is 0.213. The average molecular weight is 371 g/mol. The molecule has 0 unspecified atom stereocenters. The Balaban J connectivity index is 1.45. The van der Waals surface area contributed by atoms with E-state index in [1.807, 2.05) is 19.9 Å². The molecule has 7 heteroatoms. The zero-order chi connectivity index (χ0) is 19.0. The van der Waals surface area contributed by atoms with Gasteiger partial charge in [-0.05, 0) is 26.0 Å². The minimum absolute atomic E-state index is 0.0793. The molecule has 142 valence electrons. The lowest BCUT2D eigenvalue weighted by atomic mass is 10.0. The fourth-order valence-corrected chi connectivity index (χ4v) is 3.58. The maximum Gasteiger partial charge on any atom is 0.229 e. The molecule has 0 aliphatic carbocycles. The Hall–Kier alpha value is -2.51. The molecule has 0 bridgehead atoms. The third-order valence-corrected chi connectivity index (χ3v) is 4.99. The SMILES string of the molecule is Cc1cc(C[C@@H]2CN(Cc3nc(-c4ccccc4F)oc3C)C[C@H]2O)on1. The van der Waals surface area contributed by atoms with Crippen molar-refractivity contribution in [2.75, 3.05) is 13.1 Å². The van der Waals surface area contributed by atoms with E-state index in [0.717, 1.165) is 23.7 Å². The smallest absolute Gasteiger partial charge is 0.229 e. The largest absolute Gasteiger partial charge is 0.441 e. The molecule has 3 heterocycles. The Bertz CT molecular complexity index is 936. The molecule has 1 N–H and O–H groups in total. The molecule has 0 spiro atoms. The van der Waals surface area contributed by atoms with Crippen LogP contribution in [0, 0.1) is 25.6 Å². The second-order valence-electron chi connectivity index (χ2n) is 7.16. The van der Waals surface area contributed by atoms with E-state index in [9.17, 15) is 9.50 Å². The van der Waals surface area contributed by atoms with E-state index in [0.29, 0.717) is 30.8 Å². The van der Waals surface area contributed by atoms with Crippen LogP contribution in [-0.4, -0.2) is 39.3 Å². The normalized spacial score (nSPS) is 20.4. The van der Waals surface area contributed by atoms with Gasteiger partial charge in [-0.15, -0.1) is 0 Å². The standard InChI is InChI=1S/C20H22FN3O3/c1-12-7-15(27-23-12)8-14-9-24(11-19(14)25)10-18-13(2)26-20(22-18)16-5-3-4-6-17(16)21/h3-7,14,19,25H,8-11H2,1-2H3/t14-,19-/m1/s1. The molecule has 1 aliphatic heterocycles. The summed E-state index contributed by atoms with van der Waals surface area (Å²) in [7, 11) is 0. The van der Waals surface area contributed by atoms with E-state index in [4.69, 9.17) is 8.94 Å². The lowest BCUT2D eigenvalue weighted by Gasteiger charge is -2.13. The van der Waals surface area contributed by atoms with Crippen LogP contribution in [0.1, 0.15) is 22.9 Å². The van der Waals surface area contributed by atoms with Crippen molar-refractivity contribution in [1.29, 1.82) is 0 Å². The van der Waals surface area contributed by atoms with Crippen molar-refractivity contribution in [2.24, 2.45) is 5.92 Å². The number of hydrogen-bond acceptors (Lipinski definition) is 6. The van der Waals surface area contributed by atoms with Crippen molar-refractivity contribution >= 4 is 0 Å². The first-order valence-electron chi connectivity index (χ1n) is 9.03. The van der Waals surface area contributed by atoms with Crippen LogP contribution in [0.5, 0.6) is 0 Å². The number of oxazole rings is 1. The van der Waals surface area contributed by atoms with E-state index < -0.39 is 6.10 Å². The third-order valence-electron chi connectivity index (χ3n) is 4.99. The van der Waals surface area contributed by atoms with Crippen LogP contribution in [0.15, 0.2) is 39.3 Å². The second kappa shape index (κ2) is 7.25. The molecule has 0 radical (unpaired) electrons. The molecular weight excluding hydrogens is 349 g/mol. The molecule has 1 aliphatic rings. The van der Waals surface area contributed by atoms with Crippen LogP contribution >= 0.6 is 0 Å². The molecule has 27 heavy (non-hydrogen) atoms. The maximum atomic E-state index is 14.0. The topological polar surface area (TPSA) is 75.5 Å². The van der Waals surface area contributed by atoms with Gasteiger partial charge in [0.05, 0.1) is 23.1 Å². The van der Waals surface area contributed by atoms with Crippen LogP contribution in [-0.2, 0) is 13.0 Å². The number of aryl methyl sites for hydroxylation is 2. The van der Waals surface area contributed by atoms with Gasteiger partial charge in [-0.25, -0.2) is 9.37 Å². The molecule has 3 aromatic rings.